The molecule has 1 aromatic carbocycles. The van der Waals surface area contributed by atoms with Crippen molar-refractivity contribution < 1.29 is 9.72 Å². The van der Waals surface area contributed by atoms with Crippen molar-refractivity contribution in [3.63, 3.8) is 0 Å². The Morgan fingerprint density at radius 2 is 2.19 bits per heavy atom. The van der Waals surface area contributed by atoms with Gasteiger partial charge in [0.15, 0.2) is 0 Å². The maximum absolute atomic E-state index is 12.2. The SMILES string of the molecule is CC(NC(=O)c1ccc(Cl)cc1[N+](=O)[O-])c1cccnc1. The number of benzene rings is 1. The number of pyridine rings is 1. The Balaban J connectivity index is 2.23. The van der Waals surface area contributed by atoms with Crippen molar-refractivity contribution in [3.8, 4) is 0 Å². The lowest BCUT2D eigenvalue weighted by atomic mass is 10.1. The number of nitro groups is 1. The number of nitrogens with zero attached hydrogens (tertiary/aromatic N) is 2. The Labute approximate surface area is 125 Å². The van der Waals surface area contributed by atoms with E-state index < -0.39 is 10.8 Å². The summed E-state index contributed by atoms with van der Waals surface area (Å²) >= 11 is 5.72. The lowest BCUT2D eigenvalue weighted by Crippen LogP contribution is -2.27. The van der Waals surface area contributed by atoms with E-state index in [1.54, 1.807) is 25.4 Å². The van der Waals surface area contributed by atoms with Crippen LogP contribution >= 0.6 is 11.6 Å². The average molecular weight is 306 g/mol. The van der Waals surface area contributed by atoms with Crippen molar-refractivity contribution in [2.75, 3.05) is 0 Å². The molecule has 1 atom stereocenters. The minimum Gasteiger partial charge on any atom is -0.345 e. The van der Waals surface area contributed by atoms with Crippen LogP contribution in [0.3, 0.4) is 0 Å². The van der Waals surface area contributed by atoms with Crippen LogP contribution in [0.15, 0.2) is 42.7 Å². The van der Waals surface area contributed by atoms with Crippen molar-refractivity contribution in [3.05, 3.63) is 69.0 Å². The molecule has 1 aromatic heterocycles. The van der Waals surface area contributed by atoms with Crippen LogP contribution in [0, 0.1) is 10.1 Å². The van der Waals surface area contributed by atoms with Crippen molar-refractivity contribution in [2.24, 2.45) is 0 Å². The Hall–Kier alpha value is -2.47. The molecule has 0 fully saturated rings. The molecular weight excluding hydrogens is 294 g/mol. The third kappa shape index (κ3) is 3.55. The van der Waals surface area contributed by atoms with E-state index >= 15 is 0 Å². The molecule has 0 aliphatic heterocycles. The highest BCUT2D eigenvalue weighted by molar-refractivity contribution is 6.31. The van der Waals surface area contributed by atoms with Crippen LogP contribution in [0.4, 0.5) is 5.69 Å². The number of nitro benzene ring substituents is 1. The van der Waals surface area contributed by atoms with Gasteiger partial charge in [-0.05, 0) is 30.7 Å². The van der Waals surface area contributed by atoms with E-state index in [1.807, 2.05) is 6.07 Å². The van der Waals surface area contributed by atoms with E-state index in [0.717, 1.165) is 11.6 Å². The molecule has 0 saturated carbocycles. The Morgan fingerprint density at radius 3 is 2.81 bits per heavy atom. The van der Waals surface area contributed by atoms with E-state index in [-0.39, 0.29) is 22.3 Å². The summed E-state index contributed by atoms with van der Waals surface area (Å²) in [5, 5.41) is 13.9. The van der Waals surface area contributed by atoms with Crippen LogP contribution in [-0.2, 0) is 0 Å². The highest BCUT2D eigenvalue weighted by atomic mass is 35.5. The van der Waals surface area contributed by atoms with Gasteiger partial charge in [0.1, 0.15) is 5.56 Å². The summed E-state index contributed by atoms with van der Waals surface area (Å²) in [5.74, 6) is -0.533. The first kappa shape index (κ1) is 14.9. The molecule has 0 radical (unpaired) electrons. The first-order valence-corrected chi connectivity index (χ1v) is 6.51. The minimum absolute atomic E-state index is 0.0276. The summed E-state index contributed by atoms with van der Waals surface area (Å²) in [6.45, 7) is 1.77. The molecule has 108 valence electrons. The topological polar surface area (TPSA) is 85.1 Å². The molecule has 1 unspecified atom stereocenters. The molecule has 1 amide bonds. The summed E-state index contributed by atoms with van der Waals surface area (Å²) in [5.41, 5.74) is 0.459. The highest BCUT2D eigenvalue weighted by Gasteiger charge is 2.22. The number of carbonyl (C=O) groups is 1. The second kappa shape index (κ2) is 6.32. The summed E-state index contributed by atoms with van der Waals surface area (Å²) in [7, 11) is 0. The van der Waals surface area contributed by atoms with Crippen LogP contribution < -0.4 is 5.32 Å². The Kier molecular flexibility index (Phi) is 4.49. The quantitative estimate of drug-likeness (QED) is 0.694. The molecule has 0 bridgehead atoms. The average Bonchev–Trinajstić information content (AvgIpc) is 2.47. The van der Waals surface area contributed by atoms with Crippen molar-refractivity contribution in [1.82, 2.24) is 10.3 Å². The Morgan fingerprint density at radius 1 is 1.43 bits per heavy atom. The van der Waals surface area contributed by atoms with Crippen molar-refractivity contribution >= 4 is 23.2 Å². The zero-order valence-electron chi connectivity index (χ0n) is 11.1. The third-order valence-corrected chi connectivity index (χ3v) is 3.17. The van der Waals surface area contributed by atoms with Crippen LogP contribution in [-0.4, -0.2) is 15.8 Å². The maximum Gasteiger partial charge on any atom is 0.283 e. The van der Waals surface area contributed by atoms with Gasteiger partial charge in [-0.3, -0.25) is 19.9 Å². The first-order valence-electron chi connectivity index (χ1n) is 6.14. The monoisotopic (exact) mass is 305 g/mol. The number of nitrogens with one attached hydrogen (secondary N) is 1. The zero-order chi connectivity index (χ0) is 15.4. The number of halogens is 1. The van der Waals surface area contributed by atoms with Gasteiger partial charge in [-0.2, -0.15) is 0 Å². The molecule has 0 spiro atoms. The van der Waals surface area contributed by atoms with Gasteiger partial charge in [0.25, 0.3) is 11.6 Å². The van der Waals surface area contributed by atoms with Gasteiger partial charge in [-0.15, -0.1) is 0 Å². The summed E-state index contributed by atoms with van der Waals surface area (Å²) in [4.78, 5) is 26.5. The van der Waals surface area contributed by atoms with Gasteiger partial charge in [0.05, 0.1) is 11.0 Å². The first-order chi connectivity index (χ1) is 9.99. The number of aromatic nitrogens is 1. The van der Waals surface area contributed by atoms with E-state index in [2.05, 4.69) is 10.3 Å². The molecule has 1 N–H and O–H groups in total. The predicted octanol–water partition coefficient (Wildman–Crippen LogP) is 3.13. The summed E-state index contributed by atoms with van der Waals surface area (Å²) in [6.07, 6.45) is 3.25. The van der Waals surface area contributed by atoms with E-state index in [1.165, 1.54) is 12.1 Å². The molecule has 7 heteroatoms. The Bertz CT molecular complexity index is 676. The second-order valence-electron chi connectivity index (χ2n) is 4.40. The molecule has 0 saturated heterocycles. The van der Waals surface area contributed by atoms with E-state index in [4.69, 9.17) is 11.6 Å². The van der Waals surface area contributed by atoms with E-state index in [9.17, 15) is 14.9 Å². The normalized spacial score (nSPS) is 11.7. The third-order valence-electron chi connectivity index (χ3n) is 2.93. The second-order valence-corrected chi connectivity index (χ2v) is 4.84. The zero-order valence-corrected chi connectivity index (χ0v) is 11.9. The lowest BCUT2D eigenvalue weighted by molar-refractivity contribution is -0.385. The largest absolute Gasteiger partial charge is 0.345 e. The molecule has 0 aliphatic carbocycles. The molecular formula is C14H12ClN3O3. The van der Waals surface area contributed by atoms with Crippen LogP contribution in [0.25, 0.3) is 0 Å². The molecule has 6 nitrogen and oxygen atoms in total. The molecule has 2 aromatic rings. The number of hydrogen-bond donors (Lipinski definition) is 1. The number of rotatable bonds is 4. The van der Waals surface area contributed by atoms with Crippen LogP contribution in [0.2, 0.25) is 5.02 Å². The highest BCUT2D eigenvalue weighted by Crippen LogP contribution is 2.24. The fraction of sp³-hybridized carbons (Fsp3) is 0.143. The number of carbonyl (C=O) groups excluding carboxylic acids is 1. The van der Waals surface area contributed by atoms with E-state index in [0.29, 0.717) is 0 Å². The standard InChI is InChI=1S/C14H12ClN3O3/c1-9(10-3-2-6-16-8-10)17-14(19)12-5-4-11(15)7-13(12)18(20)21/h2-9H,1H3,(H,17,19). The molecule has 21 heavy (non-hydrogen) atoms. The predicted molar refractivity (Wildman–Crippen MR) is 78.2 cm³/mol. The summed E-state index contributed by atoms with van der Waals surface area (Å²) in [6, 6.07) is 7.19. The van der Waals surface area contributed by atoms with Gasteiger partial charge in [-0.1, -0.05) is 17.7 Å². The van der Waals surface area contributed by atoms with Gasteiger partial charge in [0, 0.05) is 23.5 Å². The fourth-order valence-electron chi connectivity index (χ4n) is 1.84. The van der Waals surface area contributed by atoms with Gasteiger partial charge in [0.2, 0.25) is 0 Å². The van der Waals surface area contributed by atoms with Crippen molar-refractivity contribution in [1.29, 1.82) is 0 Å². The lowest BCUT2D eigenvalue weighted by Gasteiger charge is -2.14. The molecule has 0 aliphatic rings. The minimum atomic E-state index is -0.629. The summed E-state index contributed by atoms with van der Waals surface area (Å²) < 4.78 is 0. The maximum atomic E-state index is 12.2. The van der Waals surface area contributed by atoms with Gasteiger partial charge < -0.3 is 5.32 Å². The number of hydrogen-bond acceptors (Lipinski definition) is 4. The fourth-order valence-corrected chi connectivity index (χ4v) is 2.00. The molecule has 2 rings (SSSR count). The van der Waals surface area contributed by atoms with Crippen LogP contribution in [0.5, 0.6) is 0 Å². The molecule has 1 heterocycles. The number of amides is 1. The van der Waals surface area contributed by atoms with Crippen LogP contribution in [0.1, 0.15) is 28.9 Å². The van der Waals surface area contributed by atoms with Gasteiger partial charge in [-0.25, -0.2) is 0 Å². The van der Waals surface area contributed by atoms with Gasteiger partial charge >= 0.3 is 0 Å². The smallest absolute Gasteiger partial charge is 0.283 e. The van der Waals surface area contributed by atoms with Crippen molar-refractivity contribution in [2.45, 2.75) is 13.0 Å².